The Bertz CT molecular complexity index is 821. The van der Waals surface area contributed by atoms with Crippen LogP contribution < -0.4 is 19.1 Å². The number of anilines is 1. The minimum absolute atomic E-state index is 0.0695. The number of nitro benzene ring substituents is 1. The standard InChI is InChI=1S/C19H20N2O6/c1-25-15-5-7-16(8-6-15)26-11-2-3-19(22)20-10-12-27-18-9-4-14(21(23)24)13-17(18)20/h4-9,13H,2-3,10-12H2,1H3. The molecule has 0 unspecified atom stereocenters. The highest BCUT2D eigenvalue weighted by molar-refractivity contribution is 5.95. The maximum atomic E-state index is 12.6. The number of nitrogens with zero attached hydrogens (tertiary/aromatic N) is 2. The first-order valence-electron chi connectivity index (χ1n) is 8.57. The van der Waals surface area contributed by atoms with Crippen LogP contribution >= 0.6 is 0 Å². The number of carbonyl (C=O) groups is 1. The summed E-state index contributed by atoms with van der Waals surface area (Å²) in [6, 6.07) is 11.5. The molecule has 0 radical (unpaired) electrons. The van der Waals surface area contributed by atoms with E-state index in [1.165, 1.54) is 18.2 Å². The average Bonchev–Trinajstić information content (AvgIpc) is 2.70. The Morgan fingerprint density at radius 2 is 1.96 bits per heavy atom. The van der Waals surface area contributed by atoms with E-state index >= 15 is 0 Å². The van der Waals surface area contributed by atoms with Crippen molar-refractivity contribution in [2.24, 2.45) is 0 Å². The molecule has 2 aromatic carbocycles. The van der Waals surface area contributed by atoms with Crippen LogP contribution in [-0.2, 0) is 4.79 Å². The molecule has 1 aliphatic heterocycles. The normalized spacial score (nSPS) is 12.7. The molecule has 3 rings (SSSR count). The van der Waals surface area contributed by atoms with E-state index in [2.05, 4.69) is 0 Å². The summed E-state index contributed by atoms with van der Waals surface area (Å²) in [7, 11) is 1.60. The largest absolute Gasteiger partial charge is 0.497 e. The fraction of sp³-hybridized carbons (Fsp3) is 0.316. The van der Waals surface area contributed by atoms with E-state index in [0.29, 0.717) is 43.4 Å². The van der Waals surface area contributed by atoms with Gasteiger partial charge in [0.15, 0.2) is 0 Å². The Balaban J connectivity index is 1.55. The lowest BCUT2D eigenvalue weighted by atomic mass is 10.2. The van der Waals surface area contributed by atoms with Gasteiger partial charge >= 0.3 is 0 Å². The van der Waals surface area contributed by atoms with Crippen molar-refractivity contribution in [3.63, 3.8) is 0 Å². The minimum atomic E-state index is -0.486. The molecular weight excluding hydrogens is 352 g/mol. The van der Waals surface area contributed by atoms with E-state index in [1.807, 2.05) is 0 Å². The van der Waals surface area contributed by atoms with Gasteiger partial charge in [0.2, 0.25) is 5.91 Å². The van der Waals surface area contributed by atoms with Gasteiger partial charge in [-0.2, -0.15) is 0 Å². The lowest BCUT2D eigenvalue weighted by Crippen LogP contribution is -2.38. The monoisotopic (exact) mass is 372 g/mol. The van der Waals surface area contributed by atoms with Crippen molar-refractivity contribution < 1.29 is 23.9 Å². The van der Waals surface area contributed by atoms with Crippen molar-refractivity contribution >= 4 is 17.3 Å². The van der Waals surface area contributed by atoms with Crippen LogP contribution in [0.5, 0.6) is 17.2 Å². The van der Waals surface area contributed by atoms with Crippen molar-refractivity contribution in [1.29, 1.82) is 0 Å². The zero-order valence-corrected chi connectivity index (χ0v) is 14.9. The fourth-order valence-corrected chi connectivity index (χ4v) is 2.80. The maximum Gasteiger partial charge on any atom is 0.271 e. The molecule has 1 aliphatic rings. The van der Waals surface area contributed by atoms with Gasteiger partial charge in [0.05, 0.1) is 30.9 Å². The molecule has 1 amide bonds. The number of ether oxygens (including phenoxy) is 3. The van der Waals surface area contributed by atoms with Gasteiger partial charge in [0.25, 0.3) is 5.69 Å². The number of benzene rings is 2. The van der Waals surface area contributed by atoms with Gasteiger partial charge in [0.1, 0.15) is 23.9 Å². The second-order valence-corrected chi connectivity index (χ2v) is 5.93. The molecule has 0 saturated carbocycles. The summed E-state index contributed by atoms with van der Waals surface area (Å²) in [6.07, 6.45) is 0.810. The number of non-ortho nitro benzene ring substituents is 1. The van der Waals surface area contributed by atoms with Crippen molar-refractivity contribution in [3.05, 3.63) is 52.6 Å². The summed E-state index contributed by atoms with van der Waals surface area (Å²) in [4.78, 5) is 24.6. The third kappa shape index (κ3) is 4.46. The molecule has 0 saturated heterocycles. The molecule has 0 atom stereocenters. The first kappa shape index (κ1) is 18.5. The van der Waals surface area contributed by atoms with E-state index in [9.17, 15) is 14.9 Å². The van der Waals surface area contributed by atoms with Crippen LogP contribution in [0.15, 0.2) is 42.5 Å². The Kier molecular flexibility index (Phi) is 5.75. The van der Waals surface area contributed by atoms with Crippen LogP contribution in [0.25, 0.3) is 0 Å². The molecule has 1 heterocycles. The molecule has 0 fully saturated rings. The summed E-state index contributed by atoms with van der Waals surface area (Å²) < 4.78 is 16.2. The van der Waals surface area contributed by atoms with E-state index < -0.39 is 4.92 Å². The van der Waals surface area contributed by atoms with Crippen molar-refractivity contribution in [2.45, 2.75) is 12.8 Å². The zero-order chi connectivity index (χ0) is 19.2. The van der Waals surface area contributed by atoms with Crippen LogP contribution in [0.4, 0.5) is 11.4 Å². The Hall–Kier alpha value is -3.29. The quantitative estimate of drug-likeness (QED) is 0.421. The minimum Gasteiger partial charge on any atom is -0.497 e. The molecule has 0 spiro atoms. The highest BCUT2D eigenvalue weighted by Gasteiger charge is 2.25. The van der Waals surface area contributed by atoms with Gasteiger partial charge in [0, 0.05) is 18.6 Å². The van der Waals surface area contributed by atoms with Crippen molar-refractivity contribution in [1.82, 2.24) is 0 Å². The number of hydrogen-bond acceptors (Lipinski definition) is 6. The Morgan fingerprint density at radius 1 is 1.22 bits per heavy atom. The zero-order valence-electron chi connectivity index (χ0n) is 14.9. The Morgan fingerprint density at radius 3 is 2.67 bits per heavy atom. The molecule has 0 aliphatic carbocycles. The fourth-order valence-electron chi connectivity index (χ4n) is 2.80. The van der Waals surface area contributed by atoms with Gasteiger partial charge < -0.3 is 19.1 Å². The molecular formula is C19H20N2O6. The molecule has 27 heavy (non-hydrogen) atoms. The maximum absolute atomic E-state index is 12.6. The van der Waals surface area contributed by atoms with E-state index in [-0.39, 0.29) is 18.0 Å². The van der Waals surface area contributed by atoms with Crippen LogP contribution in [0.2, 0.25) is 0 Å². The van der Waals surface area contributed by atoms with Gasteiger partial charge in [-0.25, -0.2) is 0 Å². The summed E-state index contributed by atoms with van der Waals surface area (Å²) in [5.74, 6) is 1.82. The van der Waals surface area contributed by atoms with Crippen LogP contribution in [0.3, 0.4) is 0 Å². The van der Waals surface area contributed by atoms with Crippen molar-refractivity contribution in [2.75, 3.05) is 31.8 Å². The van der Waals surface area contributed by atoms with Crippen LogP contribution in [0, 0.1) is 10.1 Å². The number of amides is 1. The number of methoxy groups -OCH3 is 1. The predicted octanol–water partition coefficient (Wildman–Crippen LogP) is 3.19. The third-order valence-electron chi connectivity index (χ3n) is 4.18. The molecule has 8 nitrogen and oxygen atoms in total. The molecule has 0 bridgehead atoms. The highest BCUT2D eigenvalue weighted by Crippen LogP contribution is 2.35. The number of rotatable bonds is 7. The van der Waals surface area contributed by atoms with Crippen LogP contribution in [-0.4, -0.2) is 37.7 Å². The van der Waals surface area contributed by atoms with Gasteiger partial charge in [-0.1, -0.05) is 0 Å². The molecule has 8 heteroatoms. The molecule has 2 aromatic rings. The van der Waals surface area contributed by atoms with Gasteiger partial charge in [-0.05, 0) is 36.8 Å². The second-order valence-electron chi connectivity index (χ2n) is 5.93. The number of nitro groups is 1. The Labute approximate surface area is 156 Å². The van der Waals surface area contributed by atoms with Gasteiger partial charge in [-0.3, -0.25) is 14.9 Å². The topological polar surface area (TPSA) is 91.1 Å². The first-order valence-corrected chi connectivity index (χ1v) is 8.57. The summed E-state index contributed by atoms with van der Waals surface area (Å²) >= 11 is 0. The lowest BCUT2D eigenvalue weighted by Gasteiger charge is -2.29. The molecule has 0 aromatic heterocycles. The third-order valence-corrected chi connectivity index (χ3v) is 4.18. The SMILES string of the molecule is COc1ccc(OCCCC(=O)N2CCOc3ccc([N+](=O)[O-])cc32)cc1. The van der Waals surface area contributed by atoms with Crippen LogP contribution in [0.1, 0.15) is 12.8 Å². The smallest absolute Gasteiger partial charge is 0.271 e. The summed E-state index contributed by atoms with van der Waals surface area (Å²) in [5, 5.41) is 11.0. The highest BCUT2D eigenvalue weighted by atomic mass is 16.6. The van der Waals surface area contributed by atoms with E-state index in [0.717, 1.165) is 5.75 Å². The van der Waals surface area contributed by atoms with Gasteiger partial charge in [-0.15, -0.1) is 0 Å². The predicted molar refractivity (Wildman–Crippen MR) is 98.7 cm³/mol. The summed E-state index contributed by atoms with van der Waals surface area (Å²) in [5.41, 5.74) is 0.372. The average molecular weight is 372 g/mol. The van der Waals surface area contributed by atoms with E-state index in [1.54, 1.807) is 36.3 Å². The number of hydrogen-bond donors (Lipinski definition) is 0. The lowest BCUT2D eigenvalue weighted by molar-refractivity contribution is -0.384. The number of fused-ring (bicyclic) bond motifs is 1. The first-order chi connectivity index (χ1) is 13.1. The molecule has 0 N–H and O–H groups in total. The summed E-state index contributed by atoms with van der Waals surface area (Å²) in [6.45, 7) is 1.12. The second kappa shape index (κ2) is 8.39. The number of carbonyl (C=O) groups excluding carboxylic acids is 1. The van der Waals surface area contributed by atoms with Crippen molar-refractivity contribution in [3.8, 4) is 17.2 Å². The molecule has 142 valence electrons. The van der Waals surface area contributed by atoms with E-state index in [4.69, 9.17) is 14.2 Å².